The molecule has 0 aliphatic rings. The lowest BCUT2D eigenvalue weighted by atomic mass is 10.1. The Kier molecular flexibility index (Phi) is 4.94. The fourth-order valence-corrected chi connectivity index (χ4v) is 2.22. The number of methoxy groups -OCH3 is 1. The van der Waals surface area contributed by atoms with Crippen LogP contribution < -0.4 is 5.32 Å². The van der Waals surface area contributed by atoms with E-state index in [1.165, 1.54) is 7.11 Å². The van der Waals surface area contributed by atoms with Crippen LogP contribution in [0.5, 0.6) is 0 Å². The van der Waals surface area contributed by atoms with Crippen molar-refractivity contribution in [1.29, 1.82) is 0 Å². The minimum Gasteiger partial charge on any atom is -0.465 e. The van der Waals surface area contributed by atoms with Crippen molar-refractivity contribution in [2.24, 2.45) is 0 Å². The maximum Gasteiger partial charge on any atom is 0.337 e. The van der Waals surface area contributed by atoms with Gasteiger partial charge in [0.05, 0.1) is 12.7 Å². The summed E-state index contributed by atoms with van der Waals surface area (Å²) in [5.74, 6) is -0.472. The highest BCUT2D eigenvalue weighted by molar-refractivity contribution is 5.95. The number of esters is 1. The van der Waals surface area contributed by atoms with Crippen LogP contribution in [0, 0.1) is 13.8 Å². The number of ether oxygens (including phenoxy) is 1. The van der Waals surface area contributed by atoms with Crippen LogP contribution in [0.3, 0.4) is 0 Å². The van der Waals surface area contributed by atoms with Gasteiger partial charge >= 0.3 is 5.97 Å². The van der Waals surface area contributed by atoms with Crippen LogP contribution in [0.4, 0.5) is 0 Å². The molecular formula is C18H19NO3. The molecule has 0 spiro atoms. The van der Waals surface area contributed by atoms with E-state index in [4.69, 9.17) is 0 Å². The Hall–Kier alpha value is -2.62. The molecule has 0 bridgehead atoms. The second kappa shape index (κ2) is 6.89. The SMILES string of the molecule is COC(=O)c1ccc(CNC(=O)c2ccc(C)cc2C)cc1. The minimum atomic E-state index is -0.370. The molecule has 1 amide bonds. The van der Waals surface area contributed by atoms with Crippen molar-refractivity contribution in [2.45, 2.75) is 20.4 Å². The van der Waals surface area contributed by atoms with Crippen molar-refractivity contribution in [3.8, 4) is 0 Å². The van der Waals surface area contributed by atoms with Gasteiger partial charge in [0.1, 0.15) is 0 Å². The second-order valence-corrected chi connectivity index (χ2v) is 5.19. The van der Waals surface area contributed by atoms with Crippen molar-refractivity contribution >= 4 is 11.9 Å². The second-order valence-electron chi connectivity index (χ2n) is 5.19. The van der Waals surface area contributed by atoms with E-state index in [1.54, 1.807) is 24.3 Å². The zero-order valence-electron chi connectivity index (χ0n) is 13.0. The van der Waals surface area contributed by atoms with Crippen LogP contribution in [0.2, 0.25) is 0 Å². The maximum atomic E-state index is 12.2. The van der Waals surface area contributed by atoms with E-state index in [1.807, 2.05) is 32.0 Å². The largest absolute Gasteiger partial charge is 0.465 e. The Morgan fingerprint density at radius 2 is 1.73 bits per heavy atom. The van der Waals surface area contributed by atoms with Crippen LogP contribution in [0.15, 0.2) is 42.5 Å². The smallest absolute Gasteiger partial charge is 0.337 e. The molecule has 0 unspecified atom stereocenters. The van der Waals surface area contributed by atoms with E-state index < -0.39 is 0 Å². The summed E-state index contributed by atoms with van der Waals surface area (Å²) in [6.07, 6.45) is 0. The van der Waals surface area contributed by atoms with Crippen LogP contribution in [0.25, 0.3) is 0 Å². The van der Waals surface area contributed by atoms with Gasteiger partial charge in [-0.1, -0.05) is 29.8 Å². The third-order valence-corrected chi connectivity index (χ3v) is 3.45. The molecule has 1 N–H and O–H groups in total. The lowest BCUT2D eigenvalue weighted by molar-refractivity contribution is 0.0600. The number of rotatable bonds is 4. The van der Waals surface area contributed by atoms with Gasteiger partial charge in [-0.05, 0) is 43.2 Å². The fourth-order valence-electron chi connectivity index (χ4n) is 2.22. The molecule has 2 aromatic carbocycles. The summed E-state index contributed by atoms with van der Waals surface area (Å²) in [7, 11) is 1.35. The summed E-state index contributed by atoms with van der Waals surface area (Å²) >= 11 is 0. The van der Waals surface area contributed by atoms with E-state index in [0.29, 0.717) is 17.7 Å². The predicted molar refractivity (Wildman–Crippen MR) is 84.9 cm³/mol. The number of carbonyl (C=O) groups is 2. The Morgan fingerprint density at radius 1 is 1.05 bits per heavy atom. The summed E-state index contributed by atoms with van der Waals surface area (Å²) in [4.78, 5) is 23.5. The molecule has 0 fully saturated rings. The molecular weight excluding hydrogens is 278 g/mol. The monoisotopic (exact) mass is 297 g/mol. The molecule has 2 rings (SSSR count). The molecule has 114 valence electrons. The van der Waals surface area contributed by atoms with Crippen LogP contribution in [-0.4, -0.2) is 19.0 Å². The Bertz CT molecular complexity index is 690. The van der Waals surface area contributed by atoms with E-state index in [-0.39, 0.29) is 11.9 Å². The first-order valence-corrected chi connectivity index (χ1v) is 7.04. The predicted octanol–water partition coefficient (Wildman–Crippen LogP) is 3.02. The standard InChI is InChI=1S/C18H19NO3/c1-12-4-9-16(13(2)10-12)17(20)19-11-14-5-7-15(8-6-14)18(21)22-3/h4-10H,11H2,1-3H3,(H,19,20). The third-order valence-electron chi connectivity index (χ3n) is 3.45. The summed E-state index contributed by atoms with van der Waals surface area (Å²) in [6, 6.07) is 12.7. The molecule has 0 saturated carbocycles. The van der Waals surface area contributed by atoms with Gasteiger partial charge in [-0.15, -0.1) is 0 Å². The molecule has 0 heterocycles. The topological polar surface area (TPSA) is 55.4 Å². The van der Waals surface area contributed by atoms with Gasteiger partial charge in [0.2, 0.25) is 0 Å². The highest BCUT2D eigenvalue weighted by Gasteiger charge is 2.09. The van der Waals surface area contributed by atoms with Crippen LogP contribution in [0.1, 0.15) is 37.4 Å². The van der Waals surface area contributed by atoms with Crippen molar-refractivity contribution in [3.63, 3.8) is 0 Å². The molecule has 0 atom stereocenters. The molecule has 0 aliphatic heterocycles. The number of carbonyl (C=O) groups excluding carboxylic acids is 2. The zero-order chi connectivity index (χ0) is 16.1. The Labute approximate surface area is 130 Å². The normalized spacial score (nSPS) is 10.1. The van der Waals surface area contributed by atoms with Gasteiger partial charge in [-0.2, -0.15) is 0 Å². The first-order chi connectivity index (χ1) is 10.5. The molecule has 4 heteroatoms. The van der Waals surface area contributed by atoms with Gasteiger partial charge < -0.3 is 10.1 Å². The average molecular weight is 297 g/mol. The number of aryl methyl sites for hydroxylation is 2. The van der Waals surface area contributed by atoms with Crippen LogP contribution >= 0.6 is 0 Å². The quantitative estimate of drug-likeness (QED) is 0.883. The van der Waals surface area contributed by atoms with Gasteiger partial charge in [-0.25, -0.2) is 4.79 Å². The Morgan fingerprint density at radius 3 is 2.32 bits per heavy atom. The highest BCUT2D eigenvalue weighted by atomic mass is 16.5. The summed E-state index contributed by atoms with van der Waals surface area (Å²) < 4.78 is 4.65. The van der Waals surface area contributed by atoms with Crippen molar-refractivity contribution < 1.29 is 14.3 Å². The first-order valence-electron chi connectivity index (χ1n) is 7.04. The number of hydrogen-bond acceptors (Lipinski definition) is 3. The third kappa shape index (κ3) is 3.73. The number of amides is 1. The minimum absolute atomic E-state index is 0.102. The molecule has 2 aromatic rings. The van der Waals surface area contributed by atoms with E-state index in [0.717, 1.165) is 16.7 Å². The van der Waals surface area contributed by atoms with E-state index in [2.05, 4.69) is 10.1 Å². The number of hydrogen-bond donors (Lipinski definition) is 1. The van der Waals surface area contributed by atoms with E-state index in [9.17, 15) is 9.59 Å². The summed E-state index contributed by atoms with van der Waals surface area (Å²) in [5.41, 5.74) is 4.18. The molecule has 0 saturated heterocycles. The van der Waals surface area contributed by atoms with Gasteiger partial charge in [0.15, 0.2) is 0 Å². The highest BCUT2D eigenvalue weighted by Crippen LogP contribution is 2.11. The summed E-state index contributed by atoms with van der Waals surface area (Å²) in [5, 5.41) is 2.88. The van der Waals surface area contributed by atoms with Crippen molar-refractivity contribution in [2.75, 3.05) is 7.11 Å². The van der Waals surface area contributed by atoms with Gasteiger partial charge in [-0.3, -0.25) is 4.79 Å². The molecule has 0 aliphatic carbocycles. The van der Waals surface area contributed by atoms with Gasteiger partial charge in [0.25, 0.3) is 5.91 Å². The van der Waals surface area contributed by atoms with Crippen molar-refractivity contribution in [1.82, 2.24) is 5.32 Å². The lowest BCUT2D eigenvalue weighted by Crippen LogP contribution is -2.23. The Balaban J connectivity index is 2.00. The number of nitrogens with one attached hydrogen (secondary N) is 1. The number of benzene rings is 2. The zero-order valence-corrected chi connectivity index (χ0v) is 13.0. The lowest BCUT2D eigenvalue weighted by Gasteiger charge is -2.09. The first kappa shape index (κ1) is 15.8. The molecule has 0 aromatic heterocycles. The summed E-state index contributed by atoms with van der Waals surface area (Å²) in [6.45, 7) is 4.33. The van der Waals surface area contributed by atoms with Gasteiger partial charge in [0, 0.05) is 12.1 Å². The molecule has 4 nitrogen and oxygen atoms in total. The van der Waals surface area contributed by atoms with E-state index >= 15 is 0 Å². The average Bonchev–Trinajstić information content (AvgIpc) is 2.52. The van der Waals surface area contributed by atoms with Crippen molar-refractivity contribution in [3.05, 3.63) is 70.3 Å². The van der Waals surface area contributed by atoms with Crippen LogP contribution in [-0.2, 0) is 11.3 Å². The fraction of sp³-hybridized carbons (Fsp3) is 0.222. The maximum absolute atomic E-state index is 12.2. The molecule has 0 radical (unpaired) electrons. The molecule has 22 heavy (non-hydrogen) atoms.